The minimum Gasteiger partial charge on any atom is -0.382 e. The summed E-state index contributed by atoms with van der Waals surface area (Å²) in [4.78, 5) is 12.4. The lowest BCUT2D eigenvalue weighted by molar-refractivity contribution is -0.121. The Morgan fingerprint density at radius 1 is 1.25 bits per heavy atom. The van der Waals surface area contributed by atoms with Gasteiger partial charge in [-0.1, -0.05) is 41.0 Å². The molecule has 1 heterocycles. The first kappa shape index (κ1) is 16.5. The van der Waals surface area contributed by atoms with Crippen molar-refractivity contribution in [3.8, 4) is 0 Å². The van der Waals surface area contributed by atoms with Gasteiger partial charge >= 0.3 is 0 Å². The number of aromatic nitrogens is 1. The van der Waals surface area contributed by atoms with Gasteiger partial charge in [-0.3, -0.25) is 4.79 Å². The lowest BCUT2D eigenvalue weighted by Crippen LogP contribution is -2.32. The number of rotatable bonds is 6. The fraction of sp³-hybridized carbons (Fsp3) is 0.222. The summed E-state index contributed by atoms with van der Waals surface area (Å²) < 4.78 is 10.4. The molecule has 1 aromatic heterocycles. The predicted molar refractivity (Wildman–Crippen MR) is 91.9 cm³/mol. The molecule has 0 aliphatic carbocycles. The lowest BCUT2D eigenvalue weighted by Gasteiger charge is -2.18. The van der Waals surface area contributed by atoms with Crippen molar-refractivity contribution < 1.29 is 14.1 Å². The Balaban J connectivity index is 1.72. The number of fused-ring (bicyclic) bond motifs is 1. The van der Waals surface area contributed by atoms with Crippen LogP contribution in [0.3, 0.4) is 0 Å². The minimum atomic E-state index is -0.252. The van der Waals surface area contributed by atoms with E-state index < -0.39 is 0 Å². The summed E-state index contributed by atoms with van der Waals surface area (Å²) in [5, 5.41) is 8.45. The van der Waals surface area contributed by atoms with Gasteiger partial charge in [-0.2, -0.15) is 0 Å². The molecule has 0 unspecified atom stereocenters. The van der Waals surface area contributed by atoms with Crippen LogP contribution in [0.5, 0.6) is 0 Å². The fourth-order valence-electron chi connectivity index (χ4n) is 2.55. The maximum atomic E-state index is 12.4. The third kappa shape index (κ3) is 3.75. The molecule has 0 aliphatic rings. The molecule has 5 nitrogen and oxygen atoms in total. The number of para-hydroxylation sites is 1. The molecule has 6 heteroatoms. The summed E-state index contributed by atoms with van der Waals surface area (Å²) >= 11 is 5.91. The van der Waals surface area contributed by atoms with Gasteiger partial charge in [0.25, 0.3) is 0 Å². The van der Waals surface area contributed by atoms with Crippen molar-refractivity contribution in [2.45, 2.75) is 12.5 Å². The normalized spacial score (nSPS) is 12.2. The van der Waals surface area contributed by atoms with Crippen LogP contribution in [0.15, 0.2) is 53.1 Å². The molecule has 0 bridgehead atoms. The first-order valence-electron chi connectivity index (χ1n) is 7.54. The number of hydrogen-bond acceptors (Lipinski definition) is 4. The number of hydrogen-bond donors (Lipinski definition) is 1. The van der Waals surface area contributed by atoms with Crippen molar-refractivity contribution in [2.75, 3.05) is 13.7 Å². The zero-order valence-electron chi connectivity index (χ0n) is 13.2. The molecule has 0 saturated heterocycles. The summed E-state index contributed by atoms with van der Waals surface area (Å²) in [6, 6.07) is 14.5. The number of benzene rings is 2. The number of carbonyl (C=O) groups excluding carboxylic acids is 1. The number of amides is 1. The first-order chi connectivity index (χ1) is 11.7. The highest BCUT2D eigenvalue weighted by Gasteiger charge is 2.17. The van der Waals surface area contributed by atoms with Gasteiger partial charge in [0.15, 0.2) is 5.58 Å². The van der Waals surface area contributed by atoms with E-state index in [4.69, 9.17) is 20.9 Å². The number of ether oxygens (including phenoxy) is 1. The van der Waals surface area contributed by atoms with Gasteiger partial charge in [0.05, 0.1) is 19.1 Å². The van der Waals surface area contributed by atoms with Crippen LogP contribution in [-0.4, -0.2) is 24.8 Å². The smallest absolute Gasteiger partial charge is 0.226 e. The number of halogens is 1. The average molecular weight is 345 g/mol. The van der Waals surface area contributed by atoms with Crippen LogP contribution in [0.25, 0.3) is 11.0 Å². The van der Waals surface area contributed by atoms with Crippen LogP contribution in [0.4, 0.5) is 0 Å². The van der Waals surface area contributed by atoms with Crippen LogP contribution in [0, 0.1) is 0 Å². The Bertz CT molecular complexity index is 830. The average Bonchev–Trinajstić information content (AvgIpc) is 2.98. The molecule has 2 aromatic carbocycles. The highest BCUT2D eigenvalue weighted by Crippen LogP contribution is 2.20. The van der Waals surface area contributed by atoms with E-state index in [1.54, 1.807) is 19.2 Å². The third-order valence-electron chi connectivity index (χ3n) is 3.72. The maximum absolute atomic E-state index is 12.4. The molecular formula is C18H17ClN2O3. The van der Waals surface area contributed by atoms with Crippen molar-refractivity contribution in [2.24, 2.45) is 0 Å². The van der Waals surface area contributed by atoms with E-state index in [9.17, 15) is 4.79 Å². The second-order valence-corrected chi connectivity index (χ2v) is 5.87. The van der Waals surface area contributed by atoms with E-state index >= 15 is 0 Å². The van der Waals surface area contributed by atoms with E-state index in [0.717, 1.165) is 10.9 Å². The zero-order valence-corrected chi connectivity index (χ0v) is 13.9. The second kappa shape index (κ2) is 7.47. The number of nitrogens with one attached hydrogen (secondary N) is 1. The highest BCUT2D eigenvalue weighted by atomic mass is 35.5. The van der Waals surface area contributed by atoms with Crippen molar-refractivity contribution in [1.82, 2.24) is 10.5 Å². The van der Waals surface area contributed by atoms with Crippen LogP contribution < -0.4 is 5.32 Å². The van der Waals surface area contributed by atoms with Gasteiger partial charge in [0.1, 0.15) is 5.69 Å². The molecule has 24 heavy (non-hydrogen) atoms. The Morgan fingerprint density at radius 2 is 2.00 bits per heavy atom. The summed E-state index contributed by atoms with van der Waals surface area (Å²) in [6.07, 6.45) is 0.144. The number of carbonyl (C=O) groups is 1. The highest BCUT2D eigenvalue weighted by molar-refractivity contribution is 6.30. The summed E-state index contributed by atoms with van der Waals surface area (Å²) in [6.45, 7) is 0.368. The molecule has 0 saturated carbocycles. The van der Waals surface area contributed by atoms with Gasteiger partial charge < -0.3 is 14.6 Å². The summed E-state index contributed by atoms with van der Waals surface area (Å²) in [5.74, 6) is -0.147. The number of nitrogens with zero attached hydrogens (tertiary/aromatic N) is 1. The molecular weight excluding hydrogens is 328 g/mol. The molecule has 3 aromatic rings. The maximum Gasteiger partial charge on any atom is 0.226 e. The van der Waals surface area contributed by atoms with Gasteiger partial charge in [0.2, 0.25) is 5.91 Å². The Labute approximate surface area is 144 Å². The summed E-state index contributed by atoms with van der Waals surface area (Å²) in [5.41, 5.74) is 2.22. The van der Waals surface area contributed by atoms with Crippen molar-refractivity contribution in [3.05, 3.63) is 64.8 Å². The van der Waals surface area contributed by atoms with E-state index in [1.165, 1.54) is 0 Å². The molecule has 0 spiro atoms. The van der Waals surface area contributed by atoms with Crippen LogP contribution in [-0.2, 0) is 16.0 Å². The molecule has 1 amide bonds. The van der Waals surface area contributed by atoms with Crippen molar-refractivity contribution >= 4 is 28.5 Å². The topological polar surface area (TPSA) is 64.4 Å². The largest absolute Gasteiger partial charge is 0.382 e. The predicted octanol–water partition coefficient (Wildman–Crippen LogP) is 3.53. The first-order valence-corrected chi connectivity index (χ1v) is 7.92. The summed E-state index contributed by atoms with van der Waals surface area (Å²) in [7, 11) is 1.60. The van der Waals surface area contributed by atoms with Gasteiger partial charge in [-0.05, 0) is 29.8 Å². The molecule has 0 aliphatic heterocycles. The SMILES string of the molecule is COC[C@H](NC(=O)Cc1noc2ccccc12)c1ccc(Cl)cc1. The molecule has 124 valence electrons. The molecule has 1 atom stereocenters. The molecule has 1 N–H and O–H groups in total. The molecule has 0 radical (unpaired) electrons. The second-order valence-electron chi connectivity index (χ2n) is 5.43. The monoisotopic (exact) mass is 344 g/mol. The van der Waals surface area contributed by atoms with E-state index in [1.807, 2.05) is 36.4 Å². The van der Waals surface area contributed by atoms with E-state index in [-0.39, 0.29) is 18.4 Å². The Kier molecular flexibility index (Phi) is 5.13. The lowest BCUT2D eigenvalue weighted by atomic mass is 10.1. The Morgan fingerprint density at radius 3 is 2.75 bits per heavy atom. The van der Waals surface area contributed by atoms with Crippen molar-refractivity contribution in [3.63, 3.8) is 0 Å². The molecule has 0 fully saturated rings. The Hall–Kier alpha value is -2.37. The zero-order chi connectivity index (χ0) is 16.9. The van der Waals surface area contributed by atoms with Crippen molar-refractivity contribution in [1.29, 1.82) is 0 Å². The third-order valence-corrected chi connectivity index (χ3v) is 3.97. The minimum absolute atomic E-state index is 0.144. The van der Waals surface area contributed by atoms with Gasteiger partial charge in [-0.15, -0.1) is 0 Å². The number of methoxy groups -OCH3 is 1. The van der Waals surface area contributed by atoms with Gasteiger partial charge in [0, 0.05) is 17.5 Å². The van der Waals surface area contributed by atoms with Gasteiger partial charge in [-0.25, -0.2) is 0 Å². The standard InChI is InChI=1S/C18H17ClN2O3/c1-23-11-16(12-6-8-13(19)9-7-12)20-18(22)10-15-14-4-2-3-5-17(14)24-21-15/h2-9,16H,10-11H2,1H3,(H,20,22)/t16-/m0/s1. The van der Waals surface area contributed by atoms with Crippen LogP contribution in [0.2, 0.25) is 5.02 Å². The molecule has 3 rings (SSSR count). The quantitative estimate of drug-likeness (QED) is 0.743. The van der Waals surface area contributed by atoms with E-state index in [2.05, 4.69) is 10.5 Å². The van der Waals surface area contributed by atoms with Crippen LogP contribution in [0.1, 0.15) is 17.3 Å². The fourth-order valence-corrected chi connectivity index (χ4v) is 2.67. The van der Waals surface area contributed by atoms with Crippen LogP contribution >= 0.6 is 11.6 Å². The van der Waals surface area contributed by atoms with E-state index in [0.29, 0.717) is 22.9 Å².